The van der Waals surface area contributed by atoms with Crippen LogP contribution in [0.3, 0.4) is 0 Å². The highest BCUT2D eigenvalue weighted by Crippen LogP contribution is 2.34. The number of nitrogens with zero attached hydrogens (tertiary/aromatic N) is 5. The molecule has 2 atom stereocenters. The van der Waals surface area contributed by atoms with E-state index < -0.39 is 0 Å². The number of fused-ring (bicyclic) bond motifs is 1. The van der Waals surface area contributed by atoms with Gasteiger partial charge in [0.05, 0.1) is 24.0 Å². The number of hydrogen-bond acceptors (Lipinski definition) is 7. The first-order chi connectivity index (χ1) is 15.5. The molecule has 9 heteroatoms. The first kappa shape index (κ1) is 20.4. The Kier molecular flexibility index (Phi) is 5.22. The maximum atomic E-state index is 12.6. The third-order valence-electron chi connectivity index (χ3n) is 5.89. The minimum Gasteiger partial charge on any atom is -0.308 e. The van der Waals surface area contributed by atoms with Crippen LogP contribution in [0.2, 0.25) is 0 Å². The van der Waals surface area contributed by atoms with Crippen LogP contribution in [0.25, 0.3) is 0 Å². The monoisotopic (exact) mass is 429 g/mol. The second-order valence-electron chi connectivity index (χ2n) is 8.12. The quantitative estimate of drug-likeness (QED) is 0.510. The zero-order chi connectivity index (χ0) is 22.1. The number of hydrogen-bond donors (Lipinski definition) is 3. The number of carbonyl (C=O) groups is 1. The van der Waals surface area contributed by atoms with Gasteiger partial charge in [-0.05, 0) is 56.6 Å². The van der Waals surface area contributed by atoms with Gasteiger partial charge in [-0.15, -0.1) is 4.59 Å². The molecule has 162 valence electrons. The molecule has 3 aliphatic heterocycles. The molecule has 0 bridgehead atoms. The third kappa shape index (κ3) is 3.66. The number of aryl methyl sites for hydroxylation is 1. The van der Waals surface area contributed by atoms with Gasteiger partial charge in [0.1, 0.15) is 11.9 Å². The Balaban J connectivity index is 1.41. The summed E-state index contributed by atoms with van der Waals surface area (Å²) in [6, 6.07) is 9.19. The summed E-state index contributed by atoms with van der Waals surface area (Å²) < 4.78 is -0.0281. The lowest BCUT2D eigenvalue weighted by Gasteiger charge is -2.27. The molecule has 1 amide bonds. The first-order valence-electron chi connectivity index (χ1n) is 10.7. The highest BCUT2D eigenvalue weighted by atomic mass is 16.1. The lowest BCUT2D eigenvalue weighted by atomic mass is 10.0. The smallest absolute Gasteiger partial charge is 0.264 e. The summed E-state index contributed by atoms with van der Waals surface area (Å²) in [5.74, 6) is 7.51. The summed E-state index contributed by atoms with van der Waals surface area (Å²) in [7, 11) is 0. The number of anilines is 1. The largest absolute Gasteiger partial charge is 0.308 e. The second kappa shape index (κ2) is 8.19. The van der Waals surface area contributed by atoms with Crippen LogP contribution >= 0.6 is 0 Å². The van der Waals surface area contributed by atoms with Crippen LogP contribution in [0.4, 0.5) is 5.95 Å². The number of allylic oxidation sites excluding steroid dienone is 1. The van der Waals surface area contributed by atoms with Crippen LogP contribution in [-0.2, 0) is 0 Å². The van der Waals surface area contributed by atoms with Crippen LogP contribution in [-0.4, -0.2) is 45.1 Å². The van der Waals surface area contributed by atoms with Crippen LogP contribution in [0.5, 0.6) is 0 Å². The molecule has 3 aliphatic rings. The van der Waals surface area contributed by atoms with Gasteiger partial charge in [-0.3, -0.25) is 15.1 Å². The molecule has 4 heterocycles. The number of aromatic nitrogens is 2. The lowest BCUT2D eigenvalue weighted by molar-refractivity contribution is -0.750. The molecule has 4 N–H and O–H groups in total. The molecular formula is C23H25N8O+. The SMILES string of the molecule is Cc1ccnc(NC(=O)c2ccc(C3=NC(C4CCCCN4)=C4C=NC=C[N+]34N)cc2)n1. The number of amidine groups is 1. The van der Waals surface area contributed by atoms with E-state index in [4.69, 9.17) is 10.8 Å². The summed E-state index contributed by atoms with van der Waals surface area (Å²) in [6.45, 7) is 2.82. The zero-order valence-electron chi connectivity index (χ0n) is 17.8. The molecule has 2 unspecified atom stereocenters. The number of carbonyl (C=O) groups excluding carboxylic acids is 1. The number of quaternary nitrogens is 1. The Hall–Kier alpha value is -3.53. The van der Waals surface area contributed by atoms with E-state index in [0.29, 0.717) is 11.4 Å². The van der Waals surface area contributed by atoms with Crippen molar-refractivity contribution in [2.24, 2.45) is 15.8 Å². The second-order valence-corrected chi connectivity index (χ2v) is 8.12. The standard InChI is InChI=1S/C23H24N8O/c1-15-9-11-27-23(28-15)30-22(32)17-7-5-16(6-8-17)21-29-20(18-4-2-3-10-26-18)19-14-25-12-13-31(19,21)24/h5-9,11-14,18,26H,2-4,10,24H2,1H3/p+1. The van der Waals surface area contributed by atoms with E-state index >= 15 is 0 Å². The molecule has 0 radical (unpaired) electrons. The first-order valence-corrected chi connectivity index (χ1v) is 10.7. The Labute approximate surface area is 186 Å². The normalized spacial score (nSPS) is 24.3. The zero-order valence-corrected chi connectivity index (χ0v) is 17.8. The molecule has 1 saturated heterocycles. The van der Waals surface area contributed by atoms with Crippen molar-refractivity contribution in [3.05, 3.63) is 77.1 Å². The van der Waals surface area contributed by atoms with Crippen LogP contribution < -0.4 is 16.5 Å². The number of nitrogens with two attached hydrogens (primary N) is 1. The maximum Gasteiger partial charge on any atom is 0.264 e. The van der Waals surface area contributed by atoms with E-state index in [1.165, 1.54) is 6.42 Å². The Morgan fingerprint density at radius 3 is 2.81 bits per heavy atom. The van der Waals surface area contributed by atoms with Crippen molar-refractivity contribution >= 4 is 23.9 Å². The van der Waals surface area contributed by atoms with Gasteiger partial charge in [-0.1, -0.05) is 6.42 Å². The van der Waals surface area contributed by atoms with Gasteiger partial charge < -0.3 is 5.32 Å². The van der Waals surface area contributed by atoms with Gasteiger partial charge >= 0.3 is 0 Å². The molecular weight excluding hydrogens is 404 g/mol. The molecule has 0 spiro atoms. The third-order valence-corrected chi connectivity index (χ3v) is 5.89. The number of aliphatic imine (C=N–C) groups is 2. The van der Waals surface area contributed by atoms with E-state index in [1.807, 2.05) is 25.3 Å². The van der Waals surface area contributed by atoms with Gasteiger partial charge in [0.25, 0.3) is 11.7 Å². The number of benzene rings is 1. The van der Waals surface area contributed by atoms with E-state index in [0.717, 1.165) is 42.0 Å². The summed E-state index contributed by atoms with van der Waals surface area (Å²) in [5, 5.41) is 6.28. The molecule has 32 heavy (non-hydrogen) atoms. The Bertz CT molecular complexity index is 1170. The highest BCUT2D eigenvalue weighted by molar-refractivity contribution is 6.05. The van der Waals surface area contributed by atoms with Gasteiger partial charge in [-0.2, -0.15) is 10.8 Å². The van der Waals surface area contributed by atoms with Gasteiger partial charge in [0.15, 0.2) is 0 Å². The molecule has 0 saturated carbocycles. The topological polar surface area (TPSA) is 118 Å². The number of nitrogens with one attached hydrogen (secondary N) is 2. The molecule has 5 rings (SSSR count). The molecule has 1 fully saturated rings. The van der Waals surface area contributed by atoms with Crippen molar-refractivity contribution < 1.29 is 9.39 Å². The fourth-order valence-corrected chi connectivity index (χ4v) is 4.20. The van der Waals surface area contributed by atoms with Crippen molar-refractivity contribution in [2.75, 3.05) is 11.9 Å². The van der Waals surface area contributed by atoms with Crippen molar-refractivity contribution in [2.45, 2.75) is 32.2 Å². The number of rotatable bonds is 4. The molecule has 1 aromatic carbocycles. The lowest BCUT2D eigenvalue weighted by Crippen LogP contribution is -2.53. The fourth-order valence-electron chi connectivity index (χ4n) is 4.20. The molecule has 2 aromatic rings. The average molecular weight is 430 g/mol. The van der Waals surface area contributed by atoms with Crippen LogP contribution in [0, 0.1) is 6.92 Å². The predicted molar refractivity (Wildman–Crippen MR) is 122 cm³/mol. The van der Waals surface area contributed by atoms with E-state index in [9.17, 15) is 4.79 Å². The summed E-state index contributed by atoms with van der Waals surface area (Å²) in [5.41, 5.74) is 3.94. The Morgan fingerprint density at radius 1 is 1.22 bits per heavy atom. The van der Waals surface area contributed by atoms with Crippen LogP contribution in [0.1, 0.15) is 40.9 Å². The average Bonchev–Trinajstić information content (AvgIpc) is 3.13. The van der Waals surface area contributed by atoms with E-state index in [2.05, 4.69) is 25.6 Å². The van der Waals surface area contributed by atoms with Crippen LogP contribution in [0.15, 0.2) is 70.3 Å². The molecule has 0 aliphatic carbocycles. The van der Waals surface area contributed by atoms with E-state index in [-0.39, 0.29) is 22.5 Å². The van der Waals surface area contributed by atoms with Crippen molar-refractivity contribution in [1.82, 2.24) is 15.3 Å². The summed E-state index contributed by atoms with van der Waals surface area (Å²) >= 11 is 0. The van der Waals surface area contributed by atoms with Crippen molar-refractivity contribution in [1.29, 1.82) is 0 Å². The van der Waals surface area contributed by atoms with Gasteiger partial charge in [-0.25, -0.2) is 9.97 Å². The van der Waals surface area contributed by atoms with E-state index in [1.54, 1.807) is 36.8 Å². The van der Waals surface area contributed by atoms with Gasteiger partial charge in [0.2, 0.25) is 11.6 Å². The maximum absolute atomic E-state index is 12.6. The highest BCUT2D eigenvalue weighted by Gasteiger charge is 2.45. The summed E-state index contributed by atoms with van der Waals surface area (Å²) in [4.78, 5) is 30.2. The molecule has 1 aromatic heterocycles. The van der Waals surface area contributed by atoms with Crippen molar-refractivity contribution in [3.63, 3.8) is 0 Å². The minimum absolute atomic E-state index is 0.0281. The summed E-state index contributed by atoms with van der Waals surface area (Å²) in [6.07, 6.45) is 10.3. The fraction of sp³-hybridized carbons (Fsp3) is 0.261. The Morgan fingerprint density at radius 2 is 2.06 bits per heavy atom. The molecule has 9 nitrogen and oxygen atoms in total. The minimum atomic E-state index is -0.275. The predicted octanol–water partition coefficient (Wildman–Crippen LogP) is 2.40. The van der Waals surface area contributed by atoms with Crippen molar-refractivity contribution in [3.8, 4) is 0 Å². The number of amides is 1. The van der Waals surface area contributed by atoms with Gasteiger partial charge in [0, 0.05) is 17.5 Å². The number of piperidine rings is 1.